The van der Waals surface area contributed by atoms with E-state index >= 15 is 0 Å². The van der Waals surface area contributed by atoms with Crippen LogP contribution in [0.15, 0.2) is 18.2 Å². The van der Waals surface area contributed by atoms with Crippen molar-refractivity contribution in [1.29, 1.82) is 0 Å². The molecule has 0 aliphatic carbocycles. The first-order valence-electron chi connectivity index (χ1n) is 7.65. The maximum Gasteiger partial charge on any atom is 0.251 e. The minimum absolute atomic E-state index is 0.0608. The topological polar surface area (TPSA) is 58.4 Å². The molecule has 0 radical (unpaired) electrons. The van der Waals surface area contributed by atoms with Crippen LogP contribution in [0.5, 0.6) is 0 Å². The molecular weight excluding hydrogens is 269 g/mol. The molecular formula is C16H24FN3O. The lowest BCUT2D eigenvalue weighted by Gasteiger charge is -2.33. The Hall–Kier alpha value is -1.62. The van der Waals surface area contributed by atoms with Gasteiger partial charge >= 0.3 is 0 Å². The molecule has 0 bridgehead atoms. The standard InChI is InChI=1S/C16H24FN3O/c1-12-5-2-3-9-20(12)10-4-8-19-16(21)13-6-7-15(18)14(17)11-13/h6-7,11-12H,2-5,8-10,18H2,1H3,(H,19,21). The molecule has 1 atom stereocenters. The molecule has 0 saturated carbocycles. The molecule has 116 valence electrons. The Morgan fingerprint density at radius 3 is 3.00 bits per heavy atom. The average molecular weight is 293 g/mol. The highest BCUT2D eigenvalue weighted by molar-refractivity contribution is 5.94. The van der Waals surface area contributed by atoms with Crippen molar-refractivity contribution < 1.29 is 9.18 Å². The predicted molar refractivity (Wildman–Crippen MR) is 82.6 cm³/mol. The van der Waals surface area contributed by atoms with E-state index in [1.54, 1.807) is 6.07 Å². The molecule has 1 aliphatic rings. The molecule has 1 amide bonds. The minimum atomic E-state index is -0.551. The Balaban J connectivity index is 1.72. The second kappa shape index (κ2) is 7.41. The van der Waals surface area contributed by atoms with Crippen molar-refractivity contribution in [2.45, 2.75) is 38.6 Å². The largest absolute Gasteiger partial charge is 0.396 e. The number of amides is 1. The predicted octanol–water partition coefficient (Wildman–Crippen LogP) is 2.40. The van der Waals surface area contributed by atoms with Crippen LogP contribution in [0.4, 0.5) is 10.1 Å². The van der Waals surface area contributed by atoms with E-state index in [1.165, 1.54) is 31.4 Å². The van der Waals surface area contributed by atoms with Crippen molar-refractivity contribution in [1.82, 2.24) is 10.2 Å². The summed E-state index contributed by atoms with van der Waals surface area (Å²) in [5.41, 5.74) is 5.77. The van der Waals surface area contributed by atoms with E-state index < -0.39 is 5.82 Å². The zero-order valence-corrected chi connectivity index (χ0v) is 12.6. The number of anilines is 1. The first kappa shape index (κ1) is 15.8. The van der Waals surface area contributed by atoms with Crippen LogP contribution >= 0.6 is 0 Å². The maximum atomic E-state index is 13.3. The summed E-state index contributed by atoms with van der Waals surface area (Å²) in [6.45, 7) is 5.01. The fourth-order valence-corrected chi connectivity index (χ4v) is 2.74. The summed E-state index contributed by atoms with van der Waals surface area (Å²) in [6.07, 6.45) is 4.75. The first-order valence-corrected chi connectivity index (χ1v) is 7.65. The van der Waals surface area contributed by atoms with Crippen molar-refractivity contribution in [3.8, 4) is 0 Å². The van der Waals surface area contributed by atoms with E-state index in [9.17, 15) is 9.18 Å². The third-order valence-electron chi connectivity index (χ3n) is 4.11. The van der Waals surface area contributed by atoms with Crippen LogP contribution < -0.4 is 11.1 Å². The van der Waals surface area contributed by atoms with E-state index in [0.29, 0.717) is 18.2 Å². The van der Waals surface area contributed by atoms with Crippen molar-refractivity contribution in [2.75, 3.05) is 25.4 Å². The van der Waals surface area contributed by atoms with Crippen LogP contribution in [0.2, 0.25) is 0 Å². The molecule has 3 N–H and O–H groups in total. The van der Waals surface area contributed by atoms with Gasteiger partial charge in [0.1, 0.15) is 5.82 Å². The molecule has 1 unspecified atom stereocenters. The number of carbonyl (C=O) groups is 1. The molecule has 1 aromatic rings. The molecule has 1 aliphatic heterocycles. The molecule has 0 spiro atoms. The Kier molecular flexibility index (Phi) is 5.56. The summed E-state index contributed by atoms with van der Waals surface area (Å²) in [5, 5.41) is 2.83. The third kappa shape index (κ3) is 4.43. The molecule has 2 rings (SSSR count). The van der Waals surface area contributed by atoms with Gasteiger partial charge < -0.3 is 16.0 Å². The summed E-state index contributed by atoms with van der Waals surface area (Å²) in [4.78, 5) is 14.4. The van der Waals surface area contributed by atoms with Crippen LogP contribution in [0.1, 0.15) is 43.0 Å². The fourth-order valence-electron chi connectivity index (χ4n) is 2.74. The van der Waals surface area contributed by atoms with Gasteiger partial charge in [-0.3, -0.25) is 4.79 Å². The highest BCUT2D eigenvalue weighted by Crippen LogP contribution is 2.16. The van der Waals surface area contributed by atoms with E-state index in [4.69, 9.17) is 5.73 Å². The quantitative estimate of drug-likeness (QED) is 0.647. The van der Waals surface area contributed by atoms with Gasteiger partial charge in [-0.1, -0.05) is 6.42 Å². The molecule has 4 nitrogen and oxygen atoms in total. The van der Waals surface area contributed by atoms with Crippen molar-refractivity contribution in [2.24, 2.45) is 0 Å². The second-order valence-corrected chi connectivity index (χ2v) is 5.73. The lowest BCUT2D eigenvalue weighted by atomic mass is 10.0. The number of nitrogens with two attached hydrogens (primary N) is 1. The first-order chi connectivity index (χ1) is 10.1. The number of rotatable bonds is 5. The van der Waals surface area contributed by atoms with Gasteiger partial charge in [-0.25, -0.2) is 4.39 Å². The number of piperidine rings is 1. The Morgan fingerprint density at radius 1 is 1.48 bits per heavy atom. The van der Waals surface area contributed by atoms with Gasteiger partial charge in [0, 0.05) is 24.7 Å². The van der Waals surface area contributed by atoms with Gasteiger partial charge in [-0.15, -0.1) is 0 Å². The zero-order valence-electron chi connectivity index (χ0n) is 12.6. The van der Waals surface area contributed by atoms with E-state index in [1.807, 2.05) is 0 Å². The van der Waals surface area contributed by atoms with Crippen LogP contribution in [0, 0.1) is 5.82 Å². The number of nitrogens with one attached hydrogen (secondary N) is 1. The number of hydrogen-bond donors (Lipinski definition) is 2. The van der Waals surface area contributed by atoms with Crippen LogP contribution in [0.3, 0.4) is 0 Å². The minimum Gasteiger partial charge on any atom is -0.396 e. The Bertz CT molecular complexity index is 492. The molecule has 0 aromatic heterocycles. The van der Waals surface area contributed by atoms with Crippen LogP contribution in [0.25, 0.3) is 0 Å². The molecule has 1 saturated heterocycles. The van der Waals surface area contributed by atoms with Gasteiger partial charge in [0.25, 0.3) is 5.91 Å². The maximum absolute atomic E-state index is 13.3. The Labute approximate surface area is 125 Å². The van der Waals surface area contributed by atoms with Crippen LogP contribution in [-0.2, 0) is 0 Å². The van der Waals surface area contributed by atoms with Gasteiger partial charge in [0.2, 0.25) is 0 Å². The monoisotopic (exact) mass is 293 g/mol. The Morgan fingerprint density at radius 2 is 2.29 bits per heavy atom. The number of nitrogens with zero attached hydrogens (tertiary/aromatic N) is 1. The zero-order chi connectivity index (χ0) is 15.2. The molecule has 1 heterocycles. The van der Waals surface area contributed by atoms with Crippen LogP contribution in [-0.4, -0.2) is 36.5 Å². The summed E-state index contributed by atoms with van der Waals surface area (Å²) in [6, 6.07) is 4.78. The summed E-state index contributed by atoms with van der Waals surface area (Å²) in [5.74, 6) is -0.801. The number of likely N-dealkylation sites (tertiary alicyclic amines) is 1. The van der Waals surface area contributed by atoms with Crippen molar-refractivity contribution in [3.63, 3.8) is 0 Å². The van der Waals surface area contributed by atoms with Gasteiger partial charge in [-0.2, -0.15) is 0 Å². The summed E-state index contributed by atoms with van der Waals surface area (Å²) >= 11 is 0. The highest BCUT2D eigenvalue weighted by atomic mass is 19.1. The summed E-state index contributed by atoms with van der Waals surface area (Å²) < 4.78 is 13.3. The van der Waals surface area contributed by atoms with Crippen molar-refractivity contribution >= 4 is 11.6 Å². The van der Waals surface area contributed by atoms with Crippen molar-refractivity contribution in [3.05, 3.63) is 29.6 Å². The SMILES string of the molecule is CC1CCCCN1CCCNC(=O)c1ccc(N)c(F)c1. The average Bonchev–Trinajstić information content (AvgIpc) is 2.48. The number of benzene rings is 1. The van der Waals surface area contributed by atoms with E-state index in [0.717, 1.165) is 19.5 Å². The van der Waals surface area contributed by atoms with E-state index in [-0.39, 0.29) is 11.6 Å². The molecule has 1 fully saturated rings. The van der Waals surface area contributed by atoms with Gasteiger partial charge in [-0.05, 0) is 50.9 Å². The lowest BCUT2D eigenvalue weighted by Crippen LogP contribution is -2.39. The second-order valence-electron chi connectivity index (χ2n) is 5.73. The number of halogens is 1. The highest BCUT2D eigenvalue weighted by Gasteiger charge is 2.17. The third-order valence-corrected chi connectivity index (χ3v) is 4.11. The fraction of sp³-hybridized carbons (Fsp3) is 0.562. The number of hydrogen-bond acceptors (Lipinski definition) is 3. The smallest absolute Gasteiger partial charge is 0.251 e. The lowest BCUT2D eigenvalue weighted by molar-refractivity contribution is 0.0948. The van der Waals surface area contributed by atoms with Gasteiger partial charge in [0.15, 0.2) is 0 Å². The number of carbonyl (C=O) groups excluding carboxylic acids is 1. The van der Waals surface area contributed by atoms with E-state index in [2.05, 4.69) is 17.1 Å². The molecule has 1 aromatic carbocycles. The molecule has 21 heavy (non-hydrogen) atoms. The number of nitrogen functional groups attached to an aromatic ring is 1. The van der Waals surface area contributed by atoms with Gasteiger partial charge in [0.05, 0.1) is 5.69 Å². The summed E-state index contributed by atoms with van der Waals surface area (Å²) in [7, 11) is 0. The normalized spacial score (nSPS) is 19.4. The molecule has 5 heteroatoms.